The molecule has 1 aliphatic heterocycles. The van der Waals surface area contributed by atoms with Gasteiger partial charge < -0.3 is 14.8 Å². The highest BCUT2D eigenvalue weighted by Crippen LogP contribution is 2.34. The summed E-state index contributed by atoms with van der Waals surface area (Å²) >= 11 is 0. The first-order valence-corrected chi connectivity index (χ1v) is 15.2. The molecule has 1 fully saturated rings. The number of alkyl halides is 3. The van der Waals surface area contributed by atoms with Crippen LogP contribution in [0.15, 0.2) is 59.5 Å². The molecule has 0 unspecified atom stereocenters. The van der Waals surface area contributed by atoms with Crippen LogP contribution in [0.3, 0.4) is 0 Å². The highest BCUT2D eigenvalue weighted by Gasteiger charge is 2.33. The summed E-state index contributed by atoms with van der Waals surface area (Å²) in [6.45, 7) is 6.30. The van der Waals surface area contributed by atoms with Crippen LogP contribution in [-0.4, -0.2) is 40.4 Å². The van der Waals surface area contributed by atoms with Crippen molar-refractivity contribution in [2.75, 3.05) is 18.0 Å². The Bertz CT molecular complexity index is 1820. The van der Waals surface area contributed by atoms with Gasteiger partial charge in [0.05, 0.1) is 11.1 Å². The van der Waals surface area contributed by atoms with E-state index in [1.807, 2.05) is 30.0 Å². The quantitative estimate of drug-likeness (QED) is 0.231. The number of hydrogen-bond acceptors (Lipinski definition) is 5. The first-order chi connectivity index (χ1) is 21.3. The van der Waals surface area contributed by atoms with Crippen molar-refractivity contribution in [2.24, 2.45) is 7.05 Å². The molecule has 2 aromatic carbocycles. The molecule has 2 aromatic heterocycles. The van der Waals surface area contributed by atoms with Crippen molar-refractivity contribution in [1.29, 1.82) is 0 Å². The summed E-state index contributed by atoms with van der Waals surface area (Å²) < 4.78 is 43.4. The van der Waals surface area contributed by atoms with Crippen molar-refractivity contribution in [2.45, 2.75) is 65.1 Å². The lowest BCUT2D eigenvalue weighted by molar-refractivity contribution is -0.137. The lowest BCUT2D eigenvalue weighted by Crippen LogP contribution is -2.44. The number of piperidine rings is 1. The molecule has 0 atom stereocenters. The minimum atomic E-state index is -4.63. The number of nitrogens with zero attached hydrogens (tertiary/aromatic N) is 3. The molecule has 7 nitrogen and oxygen atoms in total. The molecule has 4 aromatic rings. The number of hydrogen-bond donors (Lipinski definition) is 1. The largest absolute Gasteiger partial charge is 0.416 e. The highest BCUT2D eigenvalue weighted by atomic mass is 19.4. The first-order valence-electron chi connectivity index (χ1n) is 15.2. The number of halogens is 3. The maximum Gasteiger partial charge on any atom is 0.416 e. The first kappa shape index (κ1) is 31.9. The third-order valence-corrected chi connectivity index (χ3v) is 8.46. The molecule has 0 radical (unpaired) electrons. The Kier molecular flexibility index (Phi) is 9.13. The summed E-state index contributed by atoms with van der Waals surface area (Å²) in [6.07, 6.45) is -0.0566. The summed E-state index contributed by atoms with van der Waals surface area (Å²) in [7, 11) is 1.72. The molecule has 1 amide bonds. The minimum absolute atomic E-state index is 0.0264. The number of pyridine rings is 2. The predicted molar refractivity (Wildman–Crippen MR) is 170 cm³/mol. The molecule has 45 heavy (non-hydrogen) atoms. The summed E-state index contributed by atoms with van der Waals surface area (Å²) in [6, 6.07) is 12.6. The second-order valence-corrected chi connectivity index (χ2v) is 11.9. The number of benzene rings is 2. The second-order valence-electron chi connectivity index (χ2n) is 11.9. The molecule has 1 N–H and O–H groups in total. The molecule has 1 saturated heterocycles. The van der Waals surface area contributed by atoms with Crippen molar-refractivity contribution in [3.8, 4) is 11.1 Å². The number of ketones is 1. The topological polar surface area (TPSA) is 84.3 Å². The summed E-state index contributed by atoms with van der Waals surface area (Å²) in [5, 5.41) is 3.68. The van der Waals surface area contributed by atoms with Gasteiger partial charge >= 0.3 is 6.18 Å². The van der Waals surface area contributed by atoms with E-state index in [0.717, 1.165) is 47.1 Å². The lowest BCUT2D eigenvalue weighted by Gasteiger charge is -2.34. The van der Waals surface area contributed by atoms with Crippen molar-refractivity contribution < 1.29 is 22.8 Å². The van der Waals surface area contributed by atoms with Crippen LogP contribution in [0.25, 0.3) is 22.0 Å². The third-order valence-electron chi connectivity index (χ3n) is 8.46. The molecule has 3 heterocycles. The number of Topliss-reactive ketones (excluding diaryl/α,β-unsaturated/α-hetero) is 1. The standard InChI is InChI=1S/C35H37F3N4O3/c1-5-6-28-19-32-25(20-39-28)17-31(34(45)41(32)4)30-13-23(8-7-21(30)2)14-33(44)24-15-26(35(36,37)38)18-29(16-24)42-11-9-27(10-12-42)40-22(3)43/h7-8,13,15-20,27H,5-6,9-12,14H2,1-4H3,(H,40,43). The van der Waals surface area contributed by atoms with E-state index in [1.165, 1.54) is 13.0 Å². The van der Waals surface area contributed by atoms with Gasteiger partial charge in [-0.05, 0) is 73.2 Å². The normalized spacial score (nSPS) is 14.2. The van der Waals surface area contributed by atoms with Gasteiger partial charge in [0, 0.05) is 73.6 Å². The van der Waals surface area contributed by atoms with Crippen LogP contribution < -0.4 is 15.8 Å². The van der Waals surface area contributed by atoms with E-state index < -0.39 is 17.5 Å². The summed E-state index contributed by atoms with van der Waals surface area (Å²) in [5.41, 5.74) is 3.48. The van der Waals surface area contributed by atoms with Gasteiger partial charge in [0.1, 0.15) is 0 Å². The number of fused-ring (bicyclic) bond motifs is 1. The van der Waals surface area contributed by atoms with Crippen LogP contribution in [0.4, 0.5) is 18.9 Å². The Morgan fingerprint density at radius 2 is 1.76 bits per heavy atom. The number of rotatable bonds is 8. The van der Waals surface area contributed by atoms with Gasteiger partial charge in [-0.3, -0.25) is 19.4 Å². The van der Waals surface area contributed by atoms with Crippen molar-refractivity contribution >= 4 is 28.3 Å². The van der Waals surface area contributed by atoms with Crippen LogP contribution in [0, 0.1) is 6.92 Å². The molecule has 0 spiro atoms. The van der Waals surface area contributed by atoms with Gasteiger partial charge in [-0.1, -0.05) is 31.5 Å². The molecule has 0 saturated carbocycles. The molecule has 5 rings (SSSR count). The van der Waals surface area contributed by atoms with Crippen LogP contribution in [0.5, 0.6) is 0 Å². The Morgan fingerprint density at radius 1 is 1.02 bits per heavy atom. The van der Waals surface area contributed by atoms with Gasteiger partial charge in [0.15, 0.2) is 5.78 Å². The number of carbonyl (C=O) groups excluding carboxylic acids is 2. The molecule has 10 heteroatoms. The fourth-order valence-corrected chi connectivity index (χ4v) is 6.04. The van der Waals surface area contributed by atoms with Crippen LogP contribution >= 0.6 is 0 Å². The Balaban J connectivity index is 1.44. The van der Waals surface area contributed by atoms with E-state index in [1.54, 1.807) is 29.9 Å². The number of nitrogens with one attached hydrogen (secondary N) is 1. The SMILES string of the molecule is CCCc1cc2c(cn1)cc(-c1cc(CC(=O)c3cc(N4CCC(NC(C)=O)CC4)cc(C(F)(F)F)c3)ccc1C)c(=O)n2C. The summed E-state index contributed by atoms with van der Waals surface area (Å²) in [4.78, 5) is 44.8. The Labute approximate surface area is 260 Å². The Hall–Kier alpha value is -4.47. The maximum atomic E-state index is 13.9. The molecule has 1 aliphatic rings. The predicted octanol–water partition coefficient (Wildman–Crippen LogP) is 6.41. The average Bonchev–Trinajstić information content (AvgIpc) is 3.00. The van der Waals surface area contributed by atoms with E-state index in [2.05, 4.69) is 17.2 Å². The molecular weight excluding hydrogens is 581 g/mol. The summed E-state index contributed by atoms with van der Waals surface area (Å²) in [5.74, 6) is -0.594. The molecule has 0 aliphatic carbocycles. The fraction of sp³-hybridized carbons (Fsp3) is 0.371. The number of aromatic nitrogens is 2. The minimum Gasteiger partial charge on any atom is -0.371 e. The number of amides is 1. The zero-order valence-corrected chi connectivity index (χ0v) is 25.9. The van der Waals surface area contributed by atoms with Gasteiger partial charge in [-0.2, -0.15) is 13.2 Å². The number of carbonyl (C=O) groups is 2. The second kappa shape index (κ2) is 12.9. The van der Waals surface area contributed by atoms with E-state index in [4.69, 9.17) is 0 Å². The van der Waals surface area contributed by atoms with E-state index in [-0.39, 0.29) is 29.5 Å². The highest BCUT2D eigenvalue weighted by molar-refractivity contribution is 5.99. The van der Waals surface area contributed by atoms with E-state index >= 15 is 0 Å². The van der Waals surface area contributed by atoms with Crippen LogP contribution in [0.2, 0.25) is 0 Å². The smallest absolute Gasteiger partial charge is 0.371 e. The van der Waals surface area contributed by atoms with Gasteiger partial charge in [0.25, 0.3) is 5.56 Å². The van der Waals surface area contributed by atoms with E-state index in [9.17, 15) is 27.6 Å². The zero-order valence-electron chi connectivity index (χ0n) is 25.9. The third kappa shape index (κ3) is 7.10. The van der Waals surface area contributed by atoms with E-state index in [0.29, 0.717) is 48.3 Å². The fourth-order valence-electron chi connectivity index (χ4n) is 6.04. The molecular formula is C35H37F3N4O3. The van der Waals surface area contributed by atoms with Crippen LogP contribution in [-0.2, 0) is 30.9 Å². The lowest BCUT2D eigenvalue weighted by atomic mass is 9.94. The molecule has 0 bridgehead atoms. The monoisotopic (exact) mass is 618 g/mol. The van der Waals surface area contributed by atoms with Crippen molar-refractivity contribution in [1.82, 2.24) is 14.9 Å². The van der Waals surface area contributed by atoms with Gasteiger partial charge in [-0.15, -0.1) is 0 Å². The zero-order chi connectivity index (χ0) is 32.5. The van der Waals surface area contributed by atoms with Crippen molar-refractivity contribution in [3.63, 3.8) is 0 Å². The number of aryl methyl sites for hydroxylation is 3. The Morgan fingerprint density at radius 3 is 2.42 bits per heavy atom. The van der Waals surface area contributed by atoms with Crippen LogP contribution in [0.1, 0.15) is 65.9 Å². The number of anilines is 1. The van der Waals surface area contributed by atoms with Gasteiger partial charge in [0.2, 0.25) is 5.91 Å². The maximum absolute atomic E-state index is 13.9. The van der Waals surface area contributed by atoms with Crippen molar-refractivity contribution in [3.05, 3.63) is 93.0 Å². The van der Waals surface area contributed by atoms with Gasteiger partial charge in [-0.25, -0.2) is 0 Å². The average molecular weight is 619 g/mol. The molecule has 236 valence electrons.